The molecule has 32 heavy (non-hydrogen) atoms. The first-order chi connectivity index (χ1) is 15.5. The second-order valence-corrected chi connectivity index (χ2v) is 8.65. The van der Waals surface area contributed by atoms with Crippen molar-refractivity contribution in [2.75, 3.05) is 12.9 Å². The largest absolute Gasteiger partial charge is 0.612 e. The van der Waals surface area contributed by atoms with E-state index in [4.69, 9.17) is 4.74 Å². The Hall–Kier alpha value is -3.42. The highest BCUT2D eigenvalue weighted by molar-refractivity contribution is 7.90. The number of carbonyl (C=O) groups is 1. The molecular weight excluding hydrogens is 424 g/mol. The van der Waals surface area contributed by atoms with Crippen LogP contribution in [0.25, 0.3) is 11.3 Å². The van der Waals surface area contributed by atoms with E-state index < -0.39 is 17.2 Å². The molecule has 0 saturated carbocycles. The Morgan fingerprint density at radius 2 is 1.66 bits per heavy atom. The number of aromatic hydroxyl groups is 1. The smallest absolute Gasteiger partial charge is 0.320 e. The maximum absolute atomic E-state index is 12.7. The van der Waals surface area contributed by atoms with Crippen LogP contribution >= 0.6 is 0 Å². The number of ether oxygens (including phenoxy) is 1. The third-order valence-corrected chi connectivity index (χ3v) is 6.15. The molecule has 0 bridgehead atoms. The van der Waals surface area contributed by atoms with E-state index in [9.17, 15) is 14.5 Å². The second-order valence-electron chi connectivity index (χ2n) is 7.31. The van der Waals surface area contributed by atoms with Gasteiger partial charge in [0.2, 0.25) is 5.75 Å². The normalized spacial score (nSPS) is 16.8. The van der Waals surface area contributed by atoms with Gasteiger partial charge in [-0.25, -0.2) is 4.79 Å². The molecule has 2 atom stereocenters. The molecule has 2 unspecified atom stereocenters. The van der Waals surface area contributed by atoms with Gasteiger partial charge in [0.1, 0.15) is 6.26 Å². The van der Waals surface area contributed by atoms with Crippen molar-refractivity contribution in [1.29, 1.82) is 0 Å². The topological polar surface area (TPSA) is 93.7 Å². The molecule has 0 radical (unpaired) electrons. The molecule has 0 aliphatic carbocycles. The number of hydrogen-bond acceptors (Lipinski definition) is 4. The minimum Gasteiger partial charge on any atom is -0.612 e. The lowest BCUT2D eigenvalue weighted by molar-refractivity contribution is 0.242. The monoisotopic (exact) mass is 448 g/mol. The standard InChI is InChI=1S/C25H24N2O4S/c1-3-31-19-14-18(15-20(24(19)28)32(2)30)23-21(16-10-6-4-7-11-16)22(26-25(29)27-23)17-12-8-5-9-13-17/h4-15,23,28H,3H2,1-2H3,(H2,26,27,29). The fourth-order valence-corrected chi connectivity index (χ4v) is 4.50. The zero-order valence-corrected chi connectivity index (χ0v) is 18.6. The predicted molar refractivity (Wildman–Crippen MR) is 126 cm³/mol. The van der Waals surface area contributed by atoms with Gasteiger partial charge >= 0.3 is 6.03 Å². The summed E-state index contributed by atoms with van der Waals surface area (Å²) in [5, 5.41) is 16.5. The quantitative estimate of drug-likeness (QED) is 0.486. The van der Waals surface area contributed by atoms with Gasteiger partial charge in [-0.2, -0.15) is 0 Å². The SMILES string of the molecule is CCOc1cc(C2NC(=O)NC(c3ccccc3)=C2c2ccccc2)cc([S+](C)[O-])c1O. The van der Waals surface area contributed by atoms with Crippen LogP contribution in [-0.2, 0) is 11.2 Å². The van der Waals surface area contributed by atoms with Gasteiger partial charge in [-0.05, 0) is 40.9 Å². The number of urea groups is 1. The van der Waals surface area contributed by atoms with Crippen molar-refractivity contribution in [1.82, 2.24) is 10.6 Å². The van der Waals surface area contributed by atoms with Gasteiger partial charge in [-0.15, -0.1) is 0 Å². The maximum atomic E-state index is 12.7. The van der Waals surface area contributed by atoms with E-state index in [2.05, 4.69) is 10.6 Å². The first-order valence-corrected chi connectivity index (χ1v) is 11.8. The Morgan fingerprint density at radius 3 is 2.25 bits per heavy atom. The van der Waals surface area contributed by atoms with Crippen LogP contribution in [0, 0.1) is 0 Å². The first kappa shape index (κ1) is 21.8. The fourth-order valence-electron chi connectivity index (χ4n) is 3.83. The van der Waals surface area contributed by atoms with Gasteiger partial charge in [0.15, 0.2) is 10.6 Å². The molecule has 0 aromatic heterocycles. The van der Waals surface area contributed by atoms with Crippen LogP contribution in [0.4, 0.5) is 4.79 Å². The molecule has 164 valence electrons. The minimum absolute atomic E-state index is 0.148. The molecule has 4 rings (SSSR count). The Bertz CT molecular complexity index is 1150. The van der Waals surface area contributed by atoms with Crippen LogP contribution in [0.5, 0.6) is 11.5 Å². The van der Waals surface area contributed by atoms with Crippen LogP contribution in [0.3, 0.4) is 0 Å². The summed E-state index contributed by atoms with van der Waals surface area (Å²) in [7, 11) is 0. The van der Waals surface area contributed by atoms with Crippen molar-refractivity contribution in [3.8, 4) is 11.5 Å². The van der Waals surface area contributed by atoms with Crippen molar-refractivity contribution in [3.63, 3.8) is 0 Å². The predicted octanol–water partition coefficient (Wildman–Crippen LogP) is 4.45. The van der Waals surface area contributed by atoms with E-state index in [-0.39, 0.29) is 22.4 Å². The lowest BCUT2D eigenvalue weighted by atomic mass is 9.88. The van der Waals surface area contributed by atoms with E-state index in [0.29, 0.717) is 17.9 Å². The molecule has 3 aromatic carbocycles. The van der Waals surface area contributed by atoms with Gasteiger partial charge in [-0.3, -0.25) is 0 Å². The highest BCUT2D eigenvalue weighted by Crippen LogP contribution is 2.42. The van der Waals surface area contributed by atoms with Crippen LogP contribution in [-0.4, -0.2) is 28.6 Å². The van der Waals surface area contributed by atoms with Crippen molar-refractivity contribution in [2.45, 2.75) is 17.9 Å². The third kappa shape index (κ3) is 4.30. The molecule has 1 aliphatic rings. The molecule has 6 nitrogen and oxygen atoms in total. The molecule has 0 spiro atoms. The maximum Gasteiger partial charge on any atom is 0.320 e. The molecule has 1 aliphatic heterocycles. The molecular formula is C25H24N2O4S. The fraction of sp³-hybridized carbons (Fsp3) is 0.160. The van der Waals surface area contributed by atoms with Crippen LogP contribution < -0.4 is 15.4 Å². The lowest BCUT2D eigenvalue weighted by Crippen LogP contribution is -2.43. The number of amides is 2. The van der Waals surface area contributed by atoms with E-state index in [1.165, 1.54) is 6.26 Å². The molecule has 3 aromatic rings. The van der Waals surface area contributed by atoms with Crippen molar-refractivity contribution >= 4 is 28.5 Å². The number of phenols is 1. The van der Waals surface area contributed by atoms with Crippen LogP contribution in [0.1, 0.15) is 29.7 Å². The van der Waals surface area contributed by atoms with Crippen molar-refractivity contribution in [2.24, 2.45) is 0 Å². The second kappa shape index (κ2) is 9.38. The van der Waals surface area contributed by atoms with Gasteiger partial charge in [0.05, 0.1) is 18.3 Å². The Kier molecular flexibility index (Phi) is 6.39. The van der Waals surface area contributed by atoms with Crippen molar-refractivity contribution < 1.29 is 19.2 Å². The average Bonchev–Trinajstić information content (AvgIpc) is 2.81. The molecule has 1 heterocycles. The molecule has 2 amide bonds. The third-order valence-electron chi connectivity index (χ3n) is 5.22. The molecule has 0 fully saturated rings. The van der Waals surface area contributed by atoms with E-state index >= 15 is 0 Å². The van der Waals surface area contributed by atoms with E-state index in [0.717, 1.165) is 16.7 Å². The first-order valence-electron chi connectivity index (χ1n) is 10.2. The van der Waals surface area contributed by atoms with Gasteiger partial charge in [-0.1, -0.05) is 60.7 Å². The molecule has 0 saturated heterocycles. The Balaban J connectivity index is 1.97. The van der Waals surface area contributed by atoms with Crippen LogP contribution in [0.15, 0.2) is 77.7 Å². The number of hydrogen-bond donors (Lipinski definition) is 3. The summed E-state index contributed by atoms with van der Waals surface area (Å²) in [6, 6.07) is 21.9. The van der Waals surface area contributed by atoms with Gasteiger partial charge in [0.25, 0.3) is 0 Å². The summed E-state index contributed by atoms with van der Waals surface area (Å²) < 4.78 is 18.0. The van der Waals surface area contributed by atoms with Crippen LogP contribution in [0.2, 0.25) is 0 Å². The number of nitrogens with one attached hydrogen (secondary N) is 2. The van der Waals surface area contributed by atoms with E-state index in [1.54, 1.807) is 12.1 Å². The minimum atomic E-state index is -1.45. The molecule has 3 N–H and O–H groups in total. The van der Waals surface area contributed by atoms with Gasteiger partial charge in [0, 0.05) is 11.6 Å². The van der Waals surface area contributed by atoms with Gasteiger partial charge < -0.3 is 25.0 Å². The number of rotatable bonds is 6. The summed E-state index contributed by atoms with van der Waals surface area (Å²) in [6.45, 7) is 2.14. The summed E-state index contributed by atoms with van der Waals surface area (Å²) in [5.41, 5.74) is 4.01. The molecule has 7 heteroatoms. The summed E-state index contributed by atoms with van der Waals surface area (Å²) >= 11 is -1.45. The highest BCUT2D eigenvalue weighted by atomic mass is 32.2. The Morgan fingerprint density at radius 1 is 1.03 bits per heavy atom. The lowest BCUT2D eigenvalue weighted by Gasteiger charge is -2.31. The Labute approximate surface area is 190 Å². The van der Waals surface area contributed by atoms with Crippen molar-refractivity contribution in [3.05, 3.63) is 89.5 Å². The van der Waals surface area contributed by atoms with E-state index in [1.807, 2.05) is 67.6 Å². The number of carbonyl (C=O) groups excluding carboxylic acids is 1. The summed E-state index contributed by atoms with van der Waals surface area (Å²) in [5.74, 6) is 0.0851. The summed E-state index contributed by atoms with van der Waals surface area (Å²) in [6.07, 6.45) is 1.50. The number of phenolic OH excluding ortho intramolecular Hbond substituents is 1. The highest BCUT2D eigenvalue weighted by Gasteiger charge is 2.32. The number of benzene rings is 3. The zero-order valence-electron chi connectivity index (χ0n) is 17.8. The average molecular weight is 449 g/mol. The zero-order chi connectivity index (χ0) is 22.7. The summed E-state index contributed by atoms with van der Waals surface area (Å²) in [4.78, 5) is 13.0.